The molecule has 0 aliphatic heterocycles. The quantitative estimate of drug-likeness (QED) is 0.691. The number of carbonyl (C=O) groups is 1. The van der Waals surface area contributed by atoms with Gasteiger partial charge in [-0.1, -0.05) is 17.7 Å². The lowest BCUT2D eigenvalue weighted by Crippen LogP contribution is -2.27. The lowest BCUT2D eigenvalue weighted by atomic mass is 10.1. The van der Waals surface area contributed by atoms with E-state index >= 15 is 0 Å². The molecule has 0 saturated heterocycles. The summed E-state index contributed by atoms with van der Waals surface area (Å²) in [4.78, 5) is 13.1. The van der Waals surface area contributed by atoms with E-state index in [-0.39, 0.29) is 5.91 Å². The third-order valence-corrected chi connectivity index (χ3v) is 4.67. The number of thioether (sulfide) groups is 1. The van der Waals surface area contributed by atoms with Gasteiger partial charge >= 0.3 is 0 Å². The summed E-state index contributed by atoms with van der Waals surface area (Å²) in [6.45, 7) is 5.26. The number of hydrogen-bond acceptors (Lipinski definition) is 4. The standard InChI is InChI=1S/C20H25NO3S/c1-4-24-17-6-8-18(9-7-17)25-14-20(22)21-12-11-16-13-15(2)5-10-19(16)23-3/h5-10,13H,4,11-12,14H2,1-3H3,(H,21,22). The maximum absolute atomic E-state index is 12.0. The molecule has 2 aromatic carbocycles. The van der Waals surface area contributed by atoms with Crippen LogP contribution in [-0.2, 0) is 11.2 Å². The molecule has 1 amide bonds. The average molecular weight is 359 g/mol. The zero-order valence-electron chi connectivity index (χ0n) is 15.0. The fraction of sp³-hybridized carbons (Fsp3) is 0.350. The van der Waals surface area contributed by atoms with Crippen molar-refractivity contribution < 1.29 is 14.3 Å². The van der Waals surface area contributed by atoms with Gasteiger partial charge in [0.2, 0.25) is 5.91 Å². The van der Waals surface area contributed by atoms with Crippen LogP contribution in [0.5, 0.6) is 11.5 Å². The summed E-state index contributed by atoms with van der Waals surface area (Å²) in [5, 5.41) is 2.96. The second kappa shape index (κ2) is 9.99. The van der Waals surface area contributed by atoms with Crippen LogP contribution in [0.3, 0.4) is 0 Å². The van der Waals surface area contributed by atoms with Crippen molar-refractivity contribution in [3.05, 3.63) is 53.6 Å². The molecule has 0 unspecified atom stereocenters. The molecule has 134 valence electrons. The van der Waals surface area contributed by atoms with Crippen LogP contribution in [-0.4, -0.2) is 31.9 Å². The van der Waals surface area contributed by atoms with Gasteiger partial charge in [0.05, 0.1) is 19.5 Å². The molecule has 0 atom stereocenters. The molecular weight excluding hydrogens is 334 g/mol. The first-order chi connectivity index (χ1) is 12.1. The van der Waals surface area contributed by atoms with E-state index in [1.165, 1.54) is 17.3 Å². The Bertz CT molecular complexity index is 686. The second-order valence-electron chi connectivity index (χ2n) is 5.61. The molecule has 5 heteroatoms. The van der Waals surface area contributed by atoms with Gasteiger partial charge in [0.1, 0.15) is 11.5 Å². The Labute approximate surface area is 153 Å². The van der Waals surface area contributed by atoms with Gasteiger partial charge in [-0.15, -0.1) is 11.8 Å². The van der Waals surface area contributed by atoms with Gasteiger partial charge in [-0.25, -0.2) is 0 Å². The minimum absolute atomic E-state index is 0.0329. The Morgan fingerprint density at radius 3 is 2.60 bits per heavy atom. The fourth-order valence-corrected chi connectivity index (χ4v) is 3.17. The number of methoxy groups -OCH3 is 1. The van der Waals surface area contributed by atoms with Crippen LogP contribution in [0.15, 0.2) is 47.4 Å². The normalized spacial score (nSPS) is 10.4. The molecule has 0 aliphatic carbocycles. The van der Waals surface area contributed by atoms with Crippen molar-refractivity contribution in [3.63, 3.8) is 0 Å². The van der Waals surface area contributed by atoms with Crippen molar-refractivity contribution in [3.8, 4) is 11.5 Å². The summed E-state index contributed by atoms with van der Waals surface area (Å²) in [5.74, 6) is 2.15. The van der Waals surface area contributed by atoms with Gasteiger partial charge in [-0.3, -0.25) is 4.79 Å². The van der Waals surface area contributed by atoms with E-state index < -0.39 is 0 Å². The topological polar surface area (TPSA) is 47.6 Å². The maximum Gasteiger partial charge on any atom is 0.230 e. The van der Waals surface area contributed by atoms with E-state index in [1.807, 2.05) is 43.3 Å². The summed E-state index contributed by atoms with van der Waals surface area (Å²) in [5.41, 5.74) is 2.30. The number of rotatable bonds is 9. The minimum atomic E-state index is 0.0329. The second-order valence-corrected chi connectivity index (χ2v) is 6.66. The van der Waals surface area contributed by atoms with Crippen molar-refractivity contribution in [2.45, 2.75) is 25.2 Å². The predicted molar refractivity (Wildman–Crippen MR) is 103 cm³/mol. The van der Waals surface area contributed by atoms with Crippen LogP contribution in [0, 0.1) is 6.92 Å². The molecule has 2 aromatic rings. The van der Waals surface area contributed by atoms with Crippen LogP contribution in [0.4, 0.5) is 0 Å². The lowest BCUT2D eigenvalue weighted by Gasteiger charge is -2.10. The van der Waals surface area contributed by atoms with E-state index in [2.05, 4.69) is 18.3 Å². The lowest BCUT2D eigenvalue weighted by molar-refractivity contribution is -0.118. The highest BCUT2D eigenvalue weighted by atomic mass is 32.2. The Kier molecular flexibility index (Phi) is 7.67. The van der Waals surface area contributed by atoms with Crippen LogP contribution in [0.2, 0.25) is 0 Å². The third-order valence-electron chi connectivity index (χ3n) is 3.66. The molecule has 0 radical (unpaired) electrons. The summed E-state index contributed by atoms with van der Waals surface area (Å²) < 4.78 is 10.8. The molecule has 0 bridgehead atoms. The highest BCUT2D eigenvalue weighted by molar-refractivity contribution is 8.00. The van der Waals surface area contributed by atoms with Gasteiger partial charge in [0.15, 0.2) is 0 Å². The van der Waals surface area contributed by atoms with Crippen molar-refractivity contribution in [1.29, 1.82) is 0 Å². The SMILES string of the molecule is CCOc1ccc(SCC(=O)NCCc2cc(C)ccc2OC)cc1. The van der Waals surface area contributed by atoms with Gasteiger partial charge in [-0.05, 0) is 56.2 Å². The first-order valence-corrected chi connectivity index (χ1v) is 9.36. The number of benzene rings is 2. The molecule has 0 saturated carbocycles. The summed E-state index contributed by atoms with van der Waals surface area (Å²) in [6.07, 6.45) is 0.754. The molecule has 25 heavy (non-hydrogen) atoms. The van der Waals surface area contributed by atoms with E-state index in [0.717, 1.165) is 28.4 Å². The smallest absolute Gasteiger partial charge is 0.230 e. The van der Waals surface area contributed by atoms with Crippen molar-refractivity contribution in [1.82, 2.24) is 5.32 Å². The molecule has 1 N–H and O–H groups in total. The Hall–Kier alpha value is -2.14. The number of amides is 1. The molecule has 0 heterocycles. The molecule has 0 fully saturated rings. The minimum Gasteiger partial charge on any atom is -0.496 e. The van der Waals surface area contributed by atoms with Gasteiger partial charge in [0, 0.05) is 11.4 Å². The highest BCUT2D eigenvalue weighted by Gasteiger charge is 2.06. The Balaban J connectivity index is 1.74. The first kappa shape index (κ1) is 19.2. The number of nitrogens with one attached hydrogen (secondary N) is 1. The molecule has 0 spiro atoms. The molecule has 0 aromatic heterocycles. The number of hydrogen-bond donors (Lipinski definition) is 1. The largest absolute Gasteiger partial charge is 0.496 e. The number of ether oxygens (including phenoxy) is 2. The van der Waals surface area contributed by atoms with E-state index in [9.17, 15) is 4.79 Å². The van der Waals surface area contributed by atoms with Crippen LogP contribution in [0.1, 0.15) is 18.1 Å². The van der Waals surface area contributed by atoms with E-state index in [4.69, 9.17) is 9.47 Å². The van der Waals surface area contributed by atoms with Crippen molar-refractivity contribution >= 4 is 17.7 Å². The van der Waals surface area contributed by atoms with Gasteiger partial charge in [-0.2, -0.15) is 0 Å². The molecule has 0 aliphatic rings. The Morgan fingerprint density at radius 2 is 1.92 bits per heavy atom. The zero-order valence-corrected chi connectivity index (χ0v) is 15.8. The van der Waals surface area contributed by atoms with Crippen LogP contribution in [0.25, 0.3) is 0 Å². The monoisotopic (exact) mass is 359 g/mol. The summed E-state index contributed by atoms with van der Waals surface area (Å²) in [6, 6.07) is 13.9. The third kappa shape index (κ3) is 6.35. The Morgan fingerprint density at radius 1 is 1.16 bits per heavy atom. The maximum atomic E-state index is 12.0. The van der Waals surface area contributed by atoms with Crippen molar-refractivity contribution in [2.75, 3.05) is 26.0 Å². The summed E-state index contributed by atoms with van der Waals surface area (Å²) in [7, 11) is 1.67. The molecular formula is C20H25NO3S. The zero-order chi connectivity index (χ0) is 18.1. The molecule has 2 rings (SSSR count). The fourth-order valence-electron chi connectivity index (χ4n) is 2.44. The number of aryl methyl sites for hydroxylation is 1. The average Bonchev–Trinajstić information content (AvgIpc) is 2.61. The highest BCUT2D eigenvalue weighted by Crippen LogP contribution is 2.22. The van der Waals surface area contributed by atoms with E-state index in [0.29, 0.717) is 18.9 Å². The van der Waals surface area contributed by atoms with Crippen LogP contribution >= 0.6 is 11.8 Å². The van der Waals surface area contributed by atoms with Gasteiger partial charge in [0.25, 0.3) is 0 Å². The molecule has 4 nitrogen and oxygen atoms in total. The van der Waals surface area contributed by atoms with Crippen LogP contribution < -0.4 is 14.8 Å². The number of carbonyl (C=O) groups excluding carboxylic acids is 1. The summed E-state index contributed by atoms with van der Waals surface area (Å²) >= 11 is 1.52. The van der Waals surface area contributed by atoms with Gasteiger partial charge < -0.3 is 14.8 Å². The first-order valence-electron chi connectivity index (χ1n) is 8.38. The van der Waals surface area contributed by atoms with E-state index in [1.54, 1.807) is 7.11 Å². The van der Waals surface area contributed by atoms with Crippen molar-refractivity contribution in [2.24, 2.45) is 0 Å². The predicted octanol–water partition coefficient (Wildman–Crippen LogP) is 3.85.